The minimum atomic E-state index is -0.316. The fourth-order valence-electron chi connectivity index (χ4n) is 4.14. The smallest absolute Gasteiger partial charge is 0.254 e. The molecule has 4 rings (SSSR count). The van der Waals surface area contributed by atoms with Crippen LogP contribution in [0.25, 0.3) is 11.0 Å². The van der Waals surface area contributed by atoms with E-state index < -0.39 is 0 Å². The number of fused-ring (bicyclic) bond motifs is 1. The van der Waals surface area contributed by atoms with E-state index in [-0.39, 0.29) is 17.9 Å². The zero-order chi connectivity index (χ0) is 22.7. The highest BCUT2D eigenvalue weighted by atomic mass is 35.5. The number of rotatable bonds is 7. The van der Waals surface area contributed by atoms with Gasteiger partial charge in [-0.1, -0.05) is 11.6 Å². The van der Waals surface area contributed by atoms with Crippen molar-refractivity contribution in [2.45, 2.75) is 38.6 Å². The first-order valence-corrected chi connectivity index (χ1v) is 11.4. The maximum Gasteiger partial charge on any atom is 0.254 e. The molecule has 168 valence electrons. The Morgan fingerprint density at radius 2 is 2.00 bits per heavy atom. The number of carbonyl (C=O) groups is 2. The average Bonchev–Trinajstić information content (AvgIpc) is 3.45. The van der Waals surface area contributed by atoms with Crippen molar-refractivity contribution < 1.29 is 9.59 Å². The molecule has 2 aromatic carbocycles. The van der Waals surface area contributed by atoms with Gasteiger partial charge in [0.25, 0.3) is 11.8 Å². The fourth-order valence-corrected chi connectivity index (χ4v) is 4.31. The molecule has 1 aliphatic rings. The Labute approximate surface area is 192 Å². The first kappa shape index (κ1) is 22.3. The second kappa shape index (κ2) is 9.71. The van der Waals surface area contributed by atoms with Crippen LogP contribution in [0.4, 0.5) is 0 Å². The maximum atomic E-state index is 13.0. The molecule has 2 heterocycles. The number of imidazole rings is 1. The number of aromatic amines is 1. The standard InChI is InChI=1S/C24H28ClN5O2/c1-15-13-16(6-8-18(15)24(32)30-11-2-3-12-30)23(31)29-20(5-4-10-26)22-27-19-9-7-17(25)14-21(19)28-22/h6-9,13-14,20H,2-5,10-12,26H2,1H3,(H,27,28)(H,29,31)/t20-/m0/s1. The molecule has 1 aliphatic heterocycles. The Kier molecular flexibility index (Phi) is 6.77. The molecule has 3 aromatic rings. The van der Waals surface area contributed by atoms with Gasteiger partial charge in [0, 0.05) is 29.2 Å². The van der Waals surface area contributed by atoms with Crippen molar-refractivity contribution in [1.82, 2.24) is 20.2 Å². The number of amides is 2. The molecule has 1 atom stereocenters. The predicted octanol–water partition coefficient (Wildman–Crippen LogP) is 3.97. The van der Waals surface area contributed by atoms with Crippen LogP contribution in [0.1, 0.15) is 63.8 Å². The van der Waals surface area contributed by atoms with Crippen LogP contribution in [-0.4, -0.2) is 46.3 Å². The van der Waals surface area contributed by atoms with Crippen LogP contribution in [0.5, 0.6) is 0 Å². The van der Waals surface area contributed by atoms with Crippen LogP contribution in [0.15, 0.2) is 36.4 Å². The van der Waals surface area contributed by atoms with E-state index in [0.29, 0.717) is 34.9 Å². The van der Waals surface area contributed by atoms with Crippen LogP contribution in [0.3, 0.4) is 0 Å². The first-order valence-electron chi connectivity index (χ1n) is 11.0. The van der Waals surface area contributed by atoms with E-state index in [1.165, 1.54) is 0 Å². The largest absolute Gasteiger partial charge is 0.342 e. The molecule has 4 N–H and O–H groups in total. The molecule has 0 bridgehead atoms. The number of H-pyrrole nitrogens is 1. The number of nitrogens with one attached hydrogen (secondary N) is 2. The fraction of sp³-hybridized carbons (Fsp3) is 0.375. The summed E-state index contributed by atoms with van der Waals surface area (Å²) in [6.07, 6.45) is 3.48. The molecule has 0 saturated carbocycles. The number of hydrogen-bond acceptors (Lipinski definition) is 4. The van der Waals surface area contributed by atoms with Gasteiger partial charge in [0.2, 0.25) is 0 Å². The van der Waals surface area contributed by atoms with E-state index in [4.69, 9.17) is 17.3 Å². The van der Waals surface area contributed by atoms with Gasteiger partial charge >= 0.3 is 0 Å². The third kappa shape index (κ3) is 4.79. The van der Waals surface area contributed by atoms with E-state index >= 15 is 0 Å². The van der Waals surface area contributed by atoms with Gasteiger partial charge in [-0.2, -0.15) is 0 Å². The molecule has 0 unspecified atom stereocenters. The highest BCUT2D eigenvalue weighted by Gasteiger charge is 2.23. The maximum absolute atomic E-state index is 13.0. The van der Waals surface area contributed by atoms with E-state index in [9.17, 15) is 9.59 Å². The SMILES string of the molecule is Cc1cc(C(=O)N[C@@H](CCCN)c2nc3ccc(Cl)cc3[nH]2)ccc1C(=O)N1CCCC1. The van der Waals surface area contributed by atoms with Gasteiger partial charge in [-0.05, 0) is 81.1 Å². The minimum absolute atomic E-state index is 0.0358. The first-order chi connectivity index (χ1) is 15.5. The molecule has 0 aliphatic carbocycles. The third-order valence-electron chi connectivity index (χ3n) is 5.91. The van der Waals surface area contributed by atoms with Crippen molar-refractivity contribution in [2.75, 3.05) is 19.6 Å². The van der Waals surface area contributed by atoms with E-state index in [2.05, 4.69) is 15.3 Å². The van der Waals surface area contributed by atoms with Crippen LogP contribution < -0.4 is 11.1 Å². The Morgan fingerprint density at radius 1 is 1.22 bits per heavy atom. The lowest BCUT2D eigenvalue weighted by atomic mass is 10.0. The summed E-state index contributed by atoms with van der Waals surface area (Å²) in [5.41, 5.74) is 9.28. The Balaban J connectivity index is 1.53. The van der Waals surface area contributed by atoms with E-state index in [1.54, 1.807) is 24.3 Å². The van der Waals surface area contributed by atoms with Crippen LogP contribution in [0, 0.1) is 6.92 Å². The molecule has 7 nitrogen and oxygen atoms in total. The highest BCUT2D eigenvalue weighted by Crippen LogP contribution is 2.23. The summed E-state index contributed by atoms with van der Waals surface area (Å²) in [5, 5.41) is 3.69. The molecular formula is C24H28ClN5O2. The number of aryl methyl sites for hydroxylation is 1. The number of carbonyl (C=O) groups excluding carboxylic acids is 2. The van der Waals surface area contributed by atoms with E-state index in [0.717, 1.165) is 48.9 Å². The Bertz CT molecular complexity index is 1140. The summed E-state index contributed by atoms with van der Waals surface area (Å²) in [5.74, 6) is 0.490. The number of nitrogens with zero attached hydrogens (tertiary/aromatic N) is 2. The summed E-state index contributed by atoms with van der Waals surface area (Å²) in [6, 6.07) is 10.4. The molecule has 1 aromatic heterocycles. The summed E-state index contributed by atoms with van der Waals surface area (Å²) in [7, 11) is 0. The molecule has 0 radical (unpaired) electrons. The van der Waals surface area contributed by atoms with Crippen LogP contribution in [0.2, 0.25) is 5.02 Å². The lowest BCUT2D eigenvalue weighted by Crippen LogP contribution is -2.30. The van der Waals surface area contributed by atoms with Crippen molar-refractivity contribution >= 4 is 34.4 Å². The van der Waals surface area contributed by atoms with Crippen molar-refractivity contribution in [3.8, 4) is 0 Å². The molecule has 1 fully saturated rings. The number of halogens is 1. The van der Waals surface area contributed by atoms with Gasteiger partial charge < -0.3 is 20.9 Å². The predicted molar refractivity (Wildman–Crippen MR) is 126 cm³/mol. The molecule has 1 saturated heterocycles. The number of hydrogen-bond donors (Lipinski definition) is 3. The summed E-state index contributed by atoms with van der Waals surface area (Å²) >= 11 is 6.09. The quantitative estimate of drug-likeness (QED) is 0.503. The zero-order valence-electron chi connectivity index (χ0n) is 18.2. The third-order valence-corrected chi connectivity index (χ3v) is 6.14. The van der Waals surface area contributed by atoms with Gasteiger partial charge in [-0.3, -0.25) is 9.59 Å². The van der Waals surface area contributed by atoms with Gasteiger partial charge in [0.15, 0.2) is 0 Å². The normalized spacial score (nSPS) is 14.7. The molecule has 2 amide bonds. The second-order valence-corrected chi connectivity index (χ2v) is 8.71. The van der Waals surface area contributed by atoms with Gasteiger partial charge in [-0.25, -0.2) is 4.98 Å². The van der Waals surface area contributed by atoms with Crippen molar-refractivity contribution in [2.24, 2.45) is 5.73 Å². The summed E-state index contributed by atoms with van der Waals surface area (Å²) in [4.78, 5) is 35.6. The Morgan fingerprint density at radius 3 is 2.72 bits per heavy atom. The van der Waals surface area contributed by atoms with Gasteiger partial charge in [-0.15, -0.1) is 0 Å². The van der Waals surface area contributed by atoms with E-state index in [1.807, 2.05) is 24.0 Å². The van der Waals surface area contributed by atoms with Crippen molar-refractivity contribution in [1.29, 1.82) is 0 Å². The number of aromatic nitrogens is 2. The zero-order valence-corrected chi connectivity index (χ0v) is 18.9. The van der Waals surface area contributed by atoms with Crippen molar-refractivity contribution in [3.63, 3.8) is 0 Å². The highest BCUT2D eigenvalue weighted by molar-refractivity contribution is 6.31. The average molecular weight is 454 g/mol. The van der Waals surface area contributed by atoms with Crippen LogP contribution in [-0.2, 0) is 0 Å². The lowest BCUT2D eigenvalue weighted by molar-refractivity contribution is 0.0791. The topological polar surface area (TPSA) is 104 Å². The summed E-state index contributed by atoms with van der Waals surface area (Å²) in [6.45, 7) is 3.98. The lowest BCUT2D eigenvalue weighted by Gasteiger charge is -2.18. The number of nitrogens with two attached hydrogens (primary N) is 1. The van der Waals surface area contributed by atoms with Gasteiger partial charge in [0.1, 0.15) is 5.82 Å². The monoisotopic (exact) mass is 453 g/mol. The summed E-state index contributed by atoms with van der Waals surface area (Å²) < 4.78 is 0. The second-order valence-electron chi connectivity index (χ2n) is 8.27. The molecular weight excluding hydrogens is 426 g/mol. The molecule has 8 heteroatoms. The van der Waals surface area contributed by atoms with Gasteiger partial charge in [0.05, 0.1) is 17.1 Å². The van der Waals surface area contributed by atoms with Crippen LogP contribution >= 0.6 is 11.6 Å². The van der Waals surface area contributed by atoms with Crippen molar-refractivity contribution in [3.05, 3.63) is 63.9 Å². The Hall–Kier alpha value is -2.90. The number of benzene rings is 2. The minimum Gasteiger partial charge on any atom is -0.342 e. The molecule has 32 heavy (non-hydrogen) atoms. The number of likely N-dealkylation sites (tertiary alicyclic amines) is 1. The molecule has 0 spiro atoms.